The van der Waals surface area contributed by atoms with E-state index in [1.54, 1.807) is 6.20 Å². The predicted octanol–water partition coefficient (Wildman–Crippen LogP) is 0.796. The summed E-state index contributed by atoms with van der Waals surface area (Å²) in [6, 6.07) is 5.80. The molecule has 0 aliphatic carbocycles. The molecule has 16 heavy (non-hydrogen) atoms. The maximum Gasteiger partial charge on any atom is 0.220 e. The molecule has 2 N–H and O–H groups in total. The number of aromatic nitrogens is 1. The highest BCUT2D eigenvalue weighted by atomic mass is 16.1. The van der Waals surface area contributed by atoms with E-state index in [4.69, 9.17) is 0 Å². The number of pyridine rings is 1. The normalized spacial score (nSPS) is 17.6. The van der Waals surface area contributed by atoms with Gasteiger partial charge in [-0.25, -0.2) is 0 Å². The molecule has 0 spiro atoms. The van der Waals surface area contributed by atoms with Gasteiger partial charge in [-0.15, -0.1) is 0 Å². The summed E-state index contributed by atoms with van der Waals surface area (Å²) in [6.07, 6.45) is 3.22. The number of hydrogen-bond donors (Lipinski definition) is 2. The fourth-order valence-corrected chi connectivity index (χ4v) is 1.91. The van der Waals surface area contributed by atoms with Crippen LogP contribution in [-0.2, 0) is 10.3 Å². The summed E-state index contributed by atoms with van der Waals surface area (Å²) in [6.45, 7) is 3.53. The molecule has 2 heterocycles. The Morgan fingerprint density at radius 1 is 1.56 bits per heavy atom. The molecule has 4 heteroatoms. The lowest BCUT2D eigenvalue weighted by Gasteiger charge is -2.42. The lowest BCUT2D eigenvalue weighted by molar-refractivity contribution is -0.124. The molecule has 0 atom stereocenters. The van der Waals surface area contributed by atoms with Gasteiger partial charge >= 0.3 is 0 Å². The second-order valence-electron chi connectivity index (χ2n) is 4.20. The van der Waals surface area contributed by atoms with Gasteiger partial charge < -0.3 is 10.6 Å². The summed E-state index contributed by atoms with van der Waals surface area (Å²) in [4.78, 5) is 16.0. The van der Waals surface area contributed by atoms with E-state index in [-0.39, 0.29) is 11.4 Å². The molecule has 0 radical (unpaired) electrons. The van der Waals surface area contributed by atoms with Crippen molar-refractivity contribution in [2.45, 2.75) is 25.3 Å². The highest BCUT2D eigenvalue weighted by Gasteiger charge is 2.40. The van der Waals surface area contributed by atoms with Gasteiger partial charge in [0.05, 0.1) is 5.69 Å². The molecular weight excluding hydrogens is 202 g/mol. The molecule has 4 nitrogen and oxygen atoms in total. The molecule has 0 aromatic carbocycles. The molecule has 1 saturated heterocycles. The zero-order chi connectivity index (χ0) is 11.4. The largest absolute Gasteiger partial charge is 0.342 e. The van der Waals surface area contributed by atoms with Crippen molar-refractivity contribution in [3.8, 4) is 0 Å². The molecule has 1 aliphatic rings. The zero-order valence-electron chi connectivity index (χ0n) is 9.49. The Hall–Kier alpha value is -1.42. The van der Waals surface area contributed by atoms with Crippen LogP contribution in [0.3, 0.4) is 0 Å². The Bertz CT molecular complexity index is 360. The molecule has 86 valence electrons. The van der Waals surface area contributed by atoms with Crippen LogP contribution < -0.4 is 10.6 Å². The molecule has 0 saturated carbocycles. The van der Waals surface area contributed by atoms with Crippen LogP contribution in [0.15, 0.2) is 24.4 Å². The van der Waals surface area contributed by atoms with Crippen LogP contribution in [0.5, 0.6) is 0 Å². The summed E-state index contributed by atoms with van der Waals surface area (Å²) in [5.41, 5.74) is 0.659. The first kappa shape index (κ1) is 11.1. The van der Waals surface area contributed by atoms with E-state index >= 15 is 0 Å². The third-order valence-electron chi connectivity index (χ3n) is 2.86. The molecular formula is C12H17N3O. The molecule has 0 unspecified atom stereocenters. The highest BCUT2D eigenvalue weighted by Crippen LogP contribution is 2.23. The number of carbonyl (C=O) groups excluding carboxylic acids is 1. The van der Waals surface area contributed by atoms with Crippen molar-refractivity contribution in [2.75, 3.05) is 13.1 Å². The lowest BCUT2D eigenvalue weighted by Crippen LogP contribution is -2.66. The number of amides is 1. The Balaban J connectivity index is 2.11. The van der Waals surface area contributed by atoms with Crippen molar-refractivity contribution in [3.63, 3.8) is 0 Å². The smallest absolute Gasteiger partial charge is 0.220 e. The molecule has 2 rings (SSSR count). The number of hydrogen-bond acceptors (Lipinski definition) is 3. The van der Waals surface area contributed by atoms with Crippen LogP contribution >= 0.6 is 0 Å². The van der Waals surface area contributed by atoms with Crippen molar-refractivity contribution < 1.29 is 4.79 Å². The van der Waals surface area contributed by atoms with Crippen molar-refractivity contribution in [1.82, 2.24) is 15.6 Å². The fraction of sp³-hybridized carbons (Fsp3) is 0.500. The predicted molar refractivity (Wildman–Crippen MR) is 61.8 cm³/mol. The quantitative estimate of drug-likeness (QED) is 0.787. The molecule has 1 fully saturated rings. The molecule has 0 bridgehead atoms. The van der Waals surface area contributed by atoms with Gasteiger partial charge in [-0.3, -0.25) is 9.78 Å². The minimum atomic E-state index is -0.284. The van der Waals surface area contributed by atoms with Gasteiger partial charge in [0.15, 0.2) is 0 Å². The Morgan fingerprint density at radius 3 is 2.88 bits per heavy atom. The molecule has 1 aromatic rings. The Morgan fingerprint density at radius 2 is 2.38 bits per heavy atom. The minimum absolute atomic E-state index is 0.106. The van der Waals surface area contributed by atoms with Gasteiger partial charge in [0, 0.05) is 25.7 Å². The van der Waals surface area contributed by atoms with Gasteiger partial charge in [-0.2, -0.15) is 0 Å². The molecule has 1 aromatic heterocycles. The van der Waals surface area contributed by atoms with Crippen LogP contribution in [0.1, 0.15) is 25.5 Å². The average molecular weight is 219 g/mol. The van der Waals surface area contributed by atoms with Crippen LogP contribution in [0.4, 0.5) is 0 Å². The number of nitrogens with zero attached hydrogens (tertiary/aromatic N) is 1. The maximum absolute atomic E-state index is 11.7. The first-order valence-electron chi connectivity index (χ1n) is 5.70. The second kappa shape index (κ2) is 4.61. The minimum Gasteiger partial charge on any atom is -0.342 e. The average Bonchev–Trinajstić information content (AvgIpc) is 2.25. The van der Waals surface area contributed by atoms with Crippen LogP contribution in [-0.4, -0.2) is 24.0 Å². The summed E-state index contributed by atoms with van der Waals surface area (Å²) >= 11 is 0. The zero-order valence-corrected chi connectivity index (χ0v) is 9.49. The van der Waals surface area contributed by atoms with Crippen molar-refractivity contribution in [3.05, 3.63) is 30.1 Å². The van der Waals surface area contributed by atoms with E-state index in [0.717, 1.165) is 25.2 Å². The SMILES string of the molecule is CCCC(=O)NC1(c2ccccn2)CNC1. The lowest BCUT2D eigenvalue weighted by atomic mass is 9.87. The highest BCUT2D eigenvalue weighted by molar-refractivity contribution is 5.77. The summed E-state index contributed by atoms with van der Waals surface area (Å²) in [5, 5.41) is 6.28. The first-order valence-corrected chi connectivity index (χ1v) is 5.70. The van der Waals surface area contributed by atoms with E-state index in [0.29, 0.717) is 6.42 Å². The van der Waals surface area contributed by atoms with E-state index in [9.17, 15) is 4.79 Å². The summed E-state index contributed by atoms with van der Waals surface area (Å²) in [5.74, 6) is 0.106. The van der Waals surface area contributed by atoms with Crippen molar-refractivity contribution in [2.24, 2.45) is 0 Å². The third kappa shape index (κ3) is 2.07. The Labute approximate surface area is 95.5 Å². The van der Waals surface area contributed by atoms with Gasteiger partial charge in [-0.1, -0.05) is 13.0 Å². The van der Waals surface area contributed by atoms with E-state index in [1.165, 1.54) is 0 Å². The summed E-state index contributed by atoms with van der Waals surface area (Å²) < 4.78 is 0. The topological polar surface area (TPSA) is 54.0 Å². The van der Waals surface area contributed by atoms with Gasteiger partial charge in [0.25, 0.3) is 0 Å². The second-order valence-corrected chi connectivity index (χ2v) is 4.20. The standard InChI is InChI=1S/C12H17N3O/c1-2-5-11(16)15-12(8-13-9-12)10-6-3-4-7-14-10/h3-4,6-7,13H,2,5,8-9H2,1H3,(H,15,16). The summed E-state index contributed by atoms with van der Waals surface area (Å²) in [7, 11) is 0. The number of nitrogens with one attached hydrogen (secondary N) is 2. The number of carbonyl (C=O) groups is 1. The van der Waals surface area contributed by atoms with E-state index in [2.05, 4.69) is 15.6 Å². The molecule has 1 amide bonds. The van der Waals surface area contributed by atoms with Gasteiger partial charge in [0.2, 0.25) is 5.91 Å². The monoisotopic (exact) mass is 219 g/mol. The Kier molecular flexibility index (Phi) is 3.19. The van der Waals surface area contributed by atoms with Crippen LogP contribution in [0.25, 0.3) is 0 Å². The van der Waals surface area contributed by atoms with Crippen molar-refractivity contribution in [1.29, 1.82) is 0 Å². The van der Waals surface area contributed by atoms with E-state index in [1.807, 2.05) is 25.1 Å². The third-order valence-corrected chi connectivity index (χ3v) is 2.86. The van der Waals surface area contributed by atoms with Crippen LogP contribution in [0, 0.1) is 0 Å². The fourth-order valence-electron chi connectivity index (χ4n) is 1.91. The molecule has 1 aliphatic heterocycles. The van der Waals surface area contributed by atoms with E-state index < -0.39 is 0 Å². The van der Waals surface area contributed by atoms with Gasteiger partial charge in [-0.05, 0) is 18.6 Å². The first-order chi connectivity index (χ1) is 7.77. The maximum atomic E-state index is 11.7. The number of rotatable bonds is 4. The van der Waals surface area contributed by atoms with Crippen LogP contribution in [0.2, 0.25) is 0 Å². The van der Waals surface area contributed by atoms with Gasteiger partial charge in [0.1, 0.15) is 5.54 Å². The van der Waals surface area contributed by atoms with Crippen molar-refractivity contribution >= 4 is 5.91 Å².